The zero-order valence-corrected chi connectivity index (χ0v) is 18.4. The number of amides is 1. The third-order valence-electron chi connectivity index (χ3n) is 4.91. The van der Waals surface area contributed by atoms with Crippen LogP contribution in [-0.4, -0.2) is 25.1 Å². The van der Waals surface area contributed by atoms with Crippen LogP contribution in [0.15, 0.2) is 69.6 Å². The van der Waals surface area contributed by atoms with Crippen molar-refractivity contribution in [2.75, 3.05) is 0 Å². The van der Waals surface area contributed by atoms with Crippen molar-refractivity contribution in [3.05, 3.63) is 87.6 Å². The van der Waals surface area contributed by atoms with E-state index in [9.17, 15) is 9.59 Å². The maximum atomic E-state index is 12.7. The first-order chi connectivity index (χ1) is 14.9. The zero-order valence-electron chi connectivity index (χ0n) is 17.6. The lowest BCUT2D eigenvalue weighted by Crippen LogP contribution is -2.32. The summed E-state index contributed by atoms with van der Waals surface area (Å²) in [6.45, 7) is 6.35. The molecule has 1 amide bonds. The molecule has 8 heteroatoms. The van der Waals surface area contributed by atoms with Gasteiger partial charge in [0.25, 0.3) is 0 Å². The van der Waals surface area contributed by atoms with Crippen LogP contribution in [-0.2, 0) is 17.9 Å². The molecule has 0 aliphatic heterocycles. The number of carbonyl (C=O) groups is 1. The van der Waals surface area contributed by atoms with Crippen LogP contribution in [0.3, 0.4) is 0 Å². The lowest BCUT2D eigenvalue weighted by Gasteiger charge is -2.06. The molecule has 0 fully saturated rings. The first kappa shape index (κ1) is 20.9. The molecule has 31 heavy (non-hydrogen) atoms. The summed E-state index contributed by atoms with van der Waals surface area (Å²) in [4.78, 5) is 30.6. The van der Waals surface area contributed by atoms with Crippen molar-refractivity contribution in [1.29, 1.82) is 0 Å². The van der Waals surface area contributed by atoms with E-state index >= 15 is 0 Å². The van der Waals surface area contributed by atoms with Crippen molar-refractivity contribution < 1.29 is 4.79 Å². The fourth-order valence-electron chi connectivity index (χ4n) is 3.22. The largest absolute Gasteiger partial charge is 0.350 e. The van der Waals surface area contributed by atoms with E-state index in [-0.39, 0.29) is 18.1 Å². The van der Waals surface area contributed by atoms with E-state index in [0.29, 0.717) is 17.2 Å². The van der Waals surface area contributed by atoms with E-state index in [1.165, 1.54) is 26.4 Å². The van der Waals surface area contributed by atoms with Gasteiger partial charge in [0.15, 0.2) is 5.65 Å². The van der Waals surface area contributed by atoms with E-state index in [4.69, 9.17) is 0 Å². The van der Waals surface area contributed by atoms with Gasteiger partial charge in [-0.15, -0.1) is 5.10 Å². The molecule has 0 radical (unpaired) electrons. The third-order valence-corrected chi connectivity index (χ3v) is 6.07. The number of rotatable bonds is 6. The molecule has 0 unspecified atom stereocenters. The van der Waals surface area contributed by atoms with Crippen LogP contribution in [0.25, 0.3) is 5.65 Å². The van der Waals surface area contributed by atoms with Gasteiger partial charge in [0.2, 0.25) is 5.91 Å². The standard InChI is InChI=1S/C23H23N5O2S/c1-15-4-7-18(8-5-15)13-25-20(29)14-28-23(30)27-11-10-24-22(21(27)26-28)31-19-9-6-16(2)12-17(19)3/h4-12H,13-14H2,1-3H3,(H,25,29). The van der Waals surface area contributed by atoms with Crippen LogP contribution in [0.1, 0.15) is 22.3 Å². The second-order valence-electron chi connectivity index (χ2n) is 7.50. The summed E-state index contributed by atoms with van der Waals surface area (Å²) in [5.74, 6) is -0.275. The van der Waals surface area contributed by atoms with Crippen molar-refractivity contribution >= 4 is 23.3 Å². The highest BCUT2D eigenvalue weighted by atomic mass is 32.2. The minimum Gasteiger partial charge on any atom is -0.350 e. The SMILES string of the molecule is Cc1ccc(CNC(=O)Cn2nc3c(Sc4ccc(C)cc4C)nccn3c2=O)cc1. The smallest absolute Gasteiger partial charge is 0.350 e. The molecule has 7 nitrogen and oxygen atoms in total. The van der Waals surface area contributed by atoms with Gasteiger partial charge in [-0.1, -0.05) is 59.3 Å². The Hall–Kier alpha value is -3.39. The average Bonchev–Trinajstić information content (AvgIpc) is 3.06. The predicted molar refractivity (Wildman–Crippen MR) is 120 cm³/mol. The lowest BCUT2D eigenvalue weighted by molar-refractivity contribution is -0.122. The summed E-state index contributed by atoms with van der Waals surface area (Å²) >= 11 is 1.45. The molecule has 0 saturated heterocycles. The summed E-state index contributed by atoms with van der Waals surface area (Å²) < 4.78 is 2.60. The minimum absolute atomic E-state index is 0.153. The topological polar surface area (TPSA) is 81.3 Å². The van der Waals surface area contributed by atoms with Crippen molar-refractivity contribution in [3.8, 4) is 0 Å². The molecule has 0 aliphatic rings. The normalized spacial score (nSPS) is 11.1. The Morgan fingerprint density at radius 2 is 1.81 bits per heavy atom. The molecular weight excluding hydrogens is 410 g/mol. The van der Waals surface area contributed by atoms with E-state index < -0.39 is 0 Å². The van der Waals surface area contributed by atoms with E-state index in [1.54, 1.807) is 12.4 Å². The van der Waals surface area contributed by atoms with Crippen molar-refractivity contribution in [2.24, 2.45) is 0 Å². The Balaban J connectivity index is 1.53. The summed E-state index contributed by atoms with van der Waals surface area (Å²) in [6, 6.07) is 14.1. The molecule has 0 bridgehead atoms. The second kappa shape index (κ2) is 8.77. The van der Waals surface area contributed by atoms with E-state index in [1.807, 2.05) is 57.2 Å². The van der Waals surface area contributed by atoms with Gasteiger partial charge < -0.3 is 5.32 Å². The molecule has 0 saturated carbocycles. The molecule has 0 atom stereocenters. The number of nitrogens with one attached hydrogen (secondary N) is 1. The summed E-state index contributed by atoms with van der Waals surface area (Å²) in [5.41, 5.74) is 4.54. The summed E-state index contributed by atoms with van der Waals surface area (Å²) in [7, 11) is 0. The molecule has 1 N–H and O–H groups in total. The van der Waals surface area contributed by atoms with E-state index in [2.05, 4.69) is 21.5 Å². The minimum atomic E-state index is -0.370. The molecule has 2 aromatic heterocycles. The fraction of sp³-hybridized carbons (Fsp3) is 0.217. The van der Waals surface area contributed by atoms with Crippen molar-refractivity contribution in [1.82, 2.24) is 24.5 Å². The van der Waals surface area contributed by atoms with Gasteiger partial charge in [0, 0.05) is 23.8 Å². The Kier molecular flexibility index (Phi) is 5.90. The van der Waals surface area contributed by atoms with Gasteiger partial charge in [0.05, 0.1) is 0 Å². The number of hydrogen-bond acceptors (Lipinski definition) is 5. The Labute approximate surface area is 184 Å². The summed E-state index contributed by atoms with van der Waals surface area (Å²) in [5, 5.41) is 7.84. The monoisotopic (exact) mass is 433 g/mol. The van der Waals surface area contributed by atoms with Crippen LogP contribution in [0.5, 0.6) is 0 Å². The Morgan fingerprint density at radius 1 is 1.06 bits per heavy atom. The van der Waals surface area contributed by atoms with Crippen molar-refractivity contribution in [2.45, 2.75) is 43.8 Å². The maximum Gasteiger partial charge on any atom is 0.350 e. The molecular formula is C23H23N5O2S. The number of benzene rings is 2. The van der Waals surface area contributed by atoms with Crippen LogP contribution in [0, 0.1) is 20.8 Å². The first-order valence-electron chi connectivity index (χ1n) is 9.92. The maximum absolute atomic E-state index is 12.7. The number of fused-ring (bicyclic) bond motifs is 1. The molecule has 158 valence electrons. The Bertz CT molecular complexity index is 1310. The molecule has 2 aromatic carbocycles. The van der Waals surface area contributed by atoms with Gasteiger partial charge in [-0.05, 0) is 38.0 Å². The molecule has 4 rings (SSSR count). The highest BCUT2D eigenvalue weighted by molar-refractivity contribution is 7.99. The molecule has 0 aliphatic carbocycles. The van der Waals surface area contributed by atoms with Crippen LogP contribution in [0.4, 0.5) is 0 Å². The molecule has 4 aromatic rings. The van der Waals surface area contributed by atoms with Crippen LogP contribution >= 0.6 is 11.8 Å². The number of carbonyl (C=O) groups excluding carboxylic acids is 1. The highest BCUT2D eigenvalue weighted by Crippen LogP contribution is 2.30. The number of aryl methyl sites for hydroxylation is 3. The van der Waals surface area contributed by atoms with Crippen molar-refractivity contribution in [3.63, 3.8) is 0 Å². The predicted octanol–water partition coefficient (Wildman–Crippen LogP) is 3.28. The number of hydrogen-bond donors (Lipinski definition) is 1. The van der Waals surface area contributed by atoms with Gasteiger partial charge in [-0.3, -0.25) is 4.79 Å². The van der Waals surface area contributed by atoms with Crippen LogP contribution < -0.4 is 11.0 Å². The van der Waals surface area contributed by atoms with Gasteiger partial charge in [0.1, 0.15) is 11.6 Å². The molecule has 2 heterocycles. The average molecular weight is 434 g/mol. The fourth-order valence-corrected chi connectivity index (χ4v) is 4.13. The lowest BCUT2D eigenvalue weighted by atomic mass is 10.1. The first-order valence-corrected chi connectivity index (χ1v) is 10.7. The summed E-state index contributed by atoms with van der Waals surface area (Å²) in [6.07, 6.45) is 3.14. The van der Waals surface area contributed by atoms with E-state index in [0.717, 1.165) is 21.6 Å². The second-order valence-corrected chi connectivity index (χ2v) is 8.53. The third kappa shape index (κ3) is 4.69. The molecule has 0 spiro atoms. The quantitative estimate of drug-likeness (QED) is 0.505. The van der Waals surface area contributed by atoms with Gasteiger partial charge >= 0.3 is 5.69 Å². The Morgan fingerprint density at radius 3 is 2.55 bits per heavy atom. The zero-order chi connectivity index (χ0) is 22.0. The number of aromatic nitrogens is 4. The highest BCUT2D eigenvalue weighted by Gasteiger charge is 2.15. The van der Waals surface area contributed by atoms with Crippen LogP contribution in [0.2, 0.25) is 0 Å². The van der Waals surface area contributed by atoms with Gasteiger partial charge in [-0.25, -0.2) is 18.9 Å². The van der Waals surface area contributed by atoms with Gasteiger partial charge in [-0.2, -0.15) is 0 Å². The number of nitrogens with zero attached hydrogens (tertiary/aromatic N) is 4.